The first-order valence-electron chi connectivity index (χ1n) is 5.28. The van der Waals surface area contributed by atoms with E-state index in [0.29, 0.717) is 17.6 Å². The highest BCUT2D eigenvalue weighted by Gasteiger charge is 2.19. The lowest BCUT2D eigenvalue weighted by Gasteiger charge is -2.26. The normalized spacial score (nSPS) is 11.1. The number of carbonyl (C=O) groups excluding carboxylic acids is 1. The molecule has 0 saturated carbocycles. The van der Waals surface area contributed by atoms with E-state index in [1.165, 1.54) is 0 Å². The van der Waals surface area contributed by atoms with Gasteiger partial charge in [0.2, 0.25) is 0 Å². The van der Waals surface area contributed by atoms with E-state index >= 15 is 0 Å². The lowest BCUT2D eigenvalue weighted by Crippen LogP contribution is -2.18. The Hall–Kier alpha value is -0.790. The molecule has 0 atom stereocenters. The third-order valence-corrected chi connectivity index (χ3v) is 2.99. The van der Waals surface area contributed by atoms with E-state index in [1.807, 2.05) is 0 Å². The summed E-state index contributed by atoms with van der Waals surface area (Å²) in [4.78, 5) is 11.1. The van der Waals surface area contributed by atoms with Crippen LogP contribution in [0.4, 0.5) is 0 Å². The zero-order valence-electron chi connectivity index (χ0n) is 9.85. The summed E-state index contributed by atoms with van der Waals surface area (Å²) in [7, 11) is 0. The smallest absolute Gasteiger partial charge is 0.333 e. The lowest BCUT2D eigenvalue weighted by atomic mass is 9.82. The Morgan fingerprint density at radius 1 is 1.36 bits per heavy atom. The van der Waals surface area contributed by atoms with Crippen LogP contribution in [-0.4, -0.2) is 12.6 Å². The van der Waals surface area contributed by atoms with E-state index < -0.39 is 0 Å². The fourth-order valence-electron chi connectivity index (χ4n) is 1.12. The third-order valence-electron chi connectivity index (χ3n) is 2.99. The molecule has 0 saturated heterocycles. The van der Waals surface area contributed by atoms with Gasteiger partial charge in [-0.2, -0.15) is 0 Å². The molecule has 0 aliphatic carbocycles. The van der Waals surface area contributed by atoms with Crippen LogP contribution in [0.1, 0.15) is 47.0 Å². The van der Waals surface area contributed by atoms with Crippen molar-refractivity contribution >= 4 is 5.97 Å². The maximum absolute atomic E-state index is 11.1. The largest absolute Gasteiger partial charge is 0.462 e. The minimum absolute atomic E-state index is 0.278. The molecule has 0 aromatic heterocycles. The maximum Gasteiger partial charge on any atom is 0.333 e. The Bertz CT molecular complexity index is 202. The average molecular weight is 198 g/mol. The van der Waals surface area contributed by atoms with Crippen LogP contribution in [0.15, 0.2) is 12.2 Å². The number of hydrogen-bond acceptors (Lipinski definition) is 2. The molecule has 0 aliphatic heterocycles. The zero-order valence-corrected chi connectivity index (χ0v) is 9.85. The molecule has 0 N–H and O–H groups in total. The molecule has 2 nitrogen and oxygen atoms in total. The van der Waals surface area contributed by atoms with Crippen molar-refractivity contribution in [2.45, 2.75) is 47.0 Å². The Morgan fingerprint density at radius 2 is 1.86 bits per heavy atom. The van der Waals surface area contributed by atoms with Crippen molar-refractivity contribution in [1.82, 2.24) is 0 Å². The van der Waals surface area contributed by atoms with E-state index in [9.17, 15) is 4.79 Å². The van der Waals surface area contributed by atoms with Crippen LogP contribution in [0, 0.1) is 5.41 Å². The van der Waals surface area contributed by atoms with Crippen molar-refractivity contribution in [2.75, 3.05) is 6.61 Å². The van der Waals surface area contributed by atoms with Gasteiger partial charge >= 0.3 is 5.97 Å². The number of ether oxygens (including phenoxy) is 1. The first-order valence-corrected chi connectivity index (χ1v) is 5.28. The van der Waals surface area contributed by atoms with Crippen LogP contribution in [0.5, 0.6) is 0 Å². The van der Waals surface area contributed by atoms with Gasteiger partial charge in [-0.05, 0) is 18.8 Å². The first kappa shape index (κ1) is 13.2. The van der Waals surface area contributed by atoms with Crippen LogP contribution >= 0.6 is 0 Å². The third kappa shape index (κ3) is 4.45. The van der Waals surface area contributed by atoms with Crippen LogP contribution in [0.2, 0.25) is 0 Å². The van der Waals surface area contributed by atoms with Gasteiger partial charge < -0.3 is 4.74 Å². The summed E-state index contributed by atoms with van der Waals surface area (Å²) >= 11 is 0. The SMILES string of the molecule is C=C(C)C(=O)OCCC(C)(CC)CC. The fourth-order valence-corrected chi connectivity index (χ4v) is 1.12. The quantitative estimate of drug-likeness (QED) is 0.483. The predicted molar refractivity (Wildman–Crippen MR) is 59.1 cm³/mol. The molecule has 2 heteroatoms. The summed E-state index contributed by atoms with van der Waals surface area (Å²) in [6, 6.07) is 0. The first-order chi connectivity index (χ1) is 6.45. The monoisotopic (exact) mass is 198 g/mol. The minimum atomic E-state index is -0.278. The zero-order chi connectivity index (χ0) is 11.2. The lowest BCUT2D eigenvalue weighted by molar-refractivity contribution is -0.139. The van der Waals surface area contributed by atoms with Gasteiger partial charge in [0.1, 0.15) is 0 Å². The summed E-state index contributed by atoms with van der Waals surface area (Å²) in [6.07, 6.45) is 3.17. The van der Waals surface area contributed by atoms with Gasteiger partial charge in [-0.25, -0.2) is 4.79 Å². The van der Waals surface area contributed by atoms with Gasteiger partial charge in [0.05, 0.1) is 6.61 Å². The van der Waals surface area contributed by atoms with Gasteiger partial charge in [-0.15, -0.1) is 0 Å². The molecule has 0 unspecified atom stereocenters. The summed E-state index contributed by atoms with van der Waals surface area (Å²) in [5.41, 5.74) is 0.773. The highest BCUT2D eigenvalue weighted by atomic mass is 16.5. The molecule has 0 fully saturated rings. The van der Waals surface area contributed by atoms with Crippen LogP contribution in [-0.2, 0) is 9.53 Å². The number of hydrogen-bond donors (Lipinski definition) is 0. The molecular weight excluding hydrogens is 176 g/mol. The highest BCUT2D eigenvalue weighted by Crippen LogP contribution is 2.29. The number of rotatable bonds is 6. The summed E-state index contributed by atoms with van der Waals surface area (Å²) in [5, 5.41) is 0. The summed E-state index contributed by atoms with van der Waals surface area (Å²) < 4.78 is 5.06. The van der Waals surface area contributed by atoms with Crippen LogP contribution in [0.25, 0.3) is 0 Å². The second-order valence-electron chi connectivity index (χ2n) is 4.18. The predicted octanol–water partition coefficient (Wildman–Crippen LogP) is 3.32. The van der Waals surface area contributed by atoms with Crippen molar-refractivity contribution in [1.29, 1.82) is 0 Å². The molecule has 0 aliphatic rings. The molecule has 14 heavy (non-hydrogen) atoms. The van der Waals surface area contributed by atoms with Gasteiger partial charge in [0.25, 0.3) is 0 Å². The van der Waals surface area contributed by atoms with Gasteiger partial charge in [-0.3, -0.25) is 0 Å². The number of carbonyl (C=O) groups is 1. The molecule has 0 amide bonds. The van der Waals surface area contributed by atoms with Crippen LogP contribution < -0.4 is 0 Å². The van der Waals surface area contributed by atoms with Crippen molar-refractivity contribution in [3.63, 3.8) is 0 Å². The van der Waals surface area contributed by atoms with E-state index in [-0.39, 0.29) is 5.97 Å². The Balaban J connectivity index is 3.83. The van der Waals surface area contributed by atoms with E-state index in [1.54, 1.807) is 6.92 Å². The number of esters is 1. The van der Waals surface area contributed by atoms with Gasteiger partial charge in [0.15, 0.2) is 0 Å². The molecule has 0 radical (unpaired) electrons. The highest BCUT2D eigenvalue weighted by molar-refractivity contribution is 5.86. The topological polar surface area (TPSA) is 26.3 Å². The van der Waals surface area contributed by atoms with Gasteiger partial charge in [-0.1, -0.05) is 40.2 Å². The fraction of sp³-hybridized carbons (Fsp3) is 0.750. The molecular formula is C12H22O2. The molecule has 0 aromatic carbocycles. The Morgan fingerprint density at radius 3 is 2.21 bits per heavy atom. The average Bonchev–Trinajstić information content (AvgIpc) is 2.17. The second-order valence-corrected chi connectivity index (χ2v) is 4.18. The maximum atomic E-state index is 11.1. The molecule has 0 heterocycles. The summed E-state index contributed by atoms with van der Waals surface area (Å²) in [6.45, 7) is 12.3. The second kappa shape index (κ2) is 5.84. The van der Waals surface area contributed by atoms with E-state index in [2.05, 4.69) is 27.4 Å². The van der Waals surface area contributed by atoms with Crippen molar-refractivity contribution in [3.8, 4) is 0 Å². The van der Waals surface area contributed by atoms with Crippen molar-refractivity contribution in [2.24, 2.45) is 5.41 Å². The molecule has 0 rings (SSSR count). The Kier molecular flexibility index (Phi) is 5.51. The van der Waals surface area contributed by atoms with Gasteiger partial charge in [0, 0.05) is 5.57 Å². The molecule has 82 valence electrons. The van der Waals surface area contributed by atoms with Crippen LogP contribution in [0.3, 0.4) is 0 Å². The summed E-state index contributed by atoms with van der Waals surface area (Å²) in [5.74, 6) is -0.278. The molecule has 0 aromatic rings. The Labute approximate surface area is 87.3 Å². The van der Waals surface area contributed by atoms with E-state index in [4.69, 9.17) is 4.74 Å². The van der Waals surface area contributed by atoms with E-state index in [0.717, 1.165) is 19.3 Å². The standard InChI is InChI=1S/C12H22O2/c1-6-12(5,7-2)8-9-14-11(13)10(3)4/h3,6-9H2,1-2,4-5H3. The minimum Gasteiger partial charge on any atom is -0.462 e. The van der Waals surface area contributed by atoms with Crippen molar-refractivity contribution in [3.05, 3.63) is 12.2 Å². The van der Waals surface area contributed by atoms with Crippen molar-refractivity contribution < 1.29 is 9.53 Å². The molecule has 0 bridgehead atoms. The molecule has 0 spiro atoms.